The average Bonchev–Trinajstić information content (AvgIpc) is 2.70. The molecule has 0 aliphatic carbocycles. The smallest absolute Gasteiger partial charge is 0.138 e. The zero-order valence-electron chi connectivity index (χ0n) is 18.3. The summed E-state index contributed by atoms with van der Waals surface area (Å²) in [7, 11) is 0. The second-order valence-corrected chi connectivity index (χ2v) is 8.68. The fourth-order valence-corrected chi connectivity index (χ4v) is 3.40. The first-order chi connectivity index (χ1) is 13.8. The van der Waals surface area contributed by atoms with E-state index >= 15 is 0 Å². The third kappa shape index (κ3) is 7.22. The van der Waals surface area contributed by atoms with E-state index in [1.807, 2.05) is 26.0 Å². The summed E-state index contributed by atoms with van der Waals surface area (Å²) >= 11 is 6.24. The molecule has 2 unspecified atom stereocenters. The predicted molar refractivity (Wildman–Crippen MR) is 120 cm³/mol. The van der Waals surface area contributed by atoms with Crippen molar-refractivity contribution in [3.05, 3.63) is 58.4 Å². The molecule has 0 spiro atoms. The maximum Gasteiger partial charge on any atom is 0.138 e. The molecule has 4 heteroatoms. The first-order valence-corrected chi connectivity index (χ1v) is 11.0. The SMILES string of the molecule is CCCOc1cc(C(C)CCC(C)COc2ccc(F)c(C(C)C)c2)ccc1Cl. The molecule has 0 heterocycles. The molecule has 0 radical (unpaired) electrons. The van der Waals surface area contributed by atoms with Crippen LogP contribution >= 0.6 is 11.6 Å². The Morgan fingerprint density at radius 3 is 2.41 bits per heavy atom. The zero-order valence-corrected chi connectivity index (χ0v) is 19.1. The lowest BCUT2D eigenvalue weighted by Gasteiger charge is -2.18. The van der Waals surface area contributed by atoms with Crippen LogP contribution in [0.3, 0.4) is 0 Å². The van der Waals surface area contributed by atoms with Gasteiger partial charge in [0.05, 0.1) is 18.2 Å². The number of rotatable bonds is 11. The van der Waals surface area contributed by atoms with Gasteiger partial charge in [0, 0.05) is 0 Å². The lowest BCUT2D eigenvalue weighted by atomic mass is 9.92. The Hall–Kier alpha value is -1.74. The Kier molecular flexibility index (Phi) is 9.29. The van der Waals surface area contributed by atoms with Crippen molar-refractivity contribution in [1.29, 1.82) is 0 Å². The van der Waals surface area contributed by atoms with Crippen LogP contribution in [0.4, 0.5) is 4.39 Å². The normalized spacial score (nSPS) is 13.4. The molecule has 29 heavy (non-hydrogen) atoms. The third-order valence-corrected chi connectivity index (χ3v) is 5.51. The van der Waals surface area contributed by atoms with E-state index in [1.54, 1.807) is 6.07 Å². The summed E-state index contributed by atoms with van der Waals surface area (Å²) in [6.07, 6.45) is 3.06. The predicted octanol–water partition coefficient (Wildman–Crippen LogP) is 7.99. The van der Waals surface area contributed by atoms with Gasteiger partial charge in [0.1, 0.15) is 17.3 Å². The maximum absolute atomic E-state index is 13.8. The Labute approximate surface area is 180 Å². The van der Waals surface area contributed by atoms with Crippen LogP contribution in [0.5, 0.6) is 11.5 Å². The van der Waals surface area contributed by atoms with Crippen molar-refractivity contribution in [3.8, 4) is 11.5 Å². The van der Waals surface area contributed by atoms with Crippen LogP contribution < -0.4 is 9.47 Å². The molecule has 0 fully saturated rings. The third-order valence-electron chi connectivity index (χ3n) is 5.20. The molecule has 0 amide bonds. The lowest BCUT2D eigenvalue weighted by molar-refractivity contribution is 0.247. The molecule has 2 rings (SSSR count). The fourth-order valence-electron chi connectivity index (χ4n) is 3.23. The van der Waals surface area contributed by atoms with E-state index in [2.05, 4.69) is 32.9 Å². The van der Waals surface area contributed by atoms with Gasteiger partial charge in [-0.05, 0) is 78.5 Å². The molecular weight excluding hydrogens is 387 g/mol. The highest BCUT2D eigenvalue weighted by atomic mass is 35.5. The van der Waals surface area contributed by atoms with E-state index in [9.17, 15) is 4.39 Å². The largest absolute Gasteiger partial charge is 0.493 e. The Balaban J connectivity index is 1.86. The number of hydrogen-bond donors (Lipinski definition) is 0. The van der Waals surface area contributed by atoms with Crippen molar-refractivity contribution in [2.75, 3.05) is 13.2 Å². The van der Waals surface area contributed by atoms with Gasteiger partial charge in [0.2, 0.25) is 0 Å². The van der Waals surface area contributed by atoms with Gasteiger partial charge in [0.25, 0.3) is 0 Å². The van der Waals surface area contributed by atoms with Gasteiger partial charge in [-0.3, -0.25) is 0 Å². The highest BCUT2D eigenvalue weighted by Crippen LogP contribution is 2.31. The quantitative estimate of drug-likeness (QED) is 0.366. The van der Waals surface area contributed by atoms with Crippen molar-refractivity contribution < 1.29 is 13.9 Å². The number of hydrogen-bond acceptors (Lipinski definition) is 2. The Morgan fingerprint density at radius 1 is 0.966 bits per heavy atom. The van der Waals surface area contributed by atoms with Crippen LogP contribution in [0.2, 0.25) is 5.02 Å². The molecule has 2 aromatic rings. The zero-order chi connectivity index (χ0) is 21.4. The van der Waals surface area contributed by atoms with Crippen LogP contribution in [0.25, 0.3) is 0 Å². The minimum atomic E-state index is -0.167. The number of benzene rings is 2. The second kappa shape index (κ2) is 11.4. The molecule has 0 aliphatic heterocycles. The molecular formula is C25H34ClFO2. The summed E-state index contributed by atoms with van der Waals surface area (Å²) in [6, 6.07) is 11.1. The Morgan fingerprint density at radius 2 is 1.72 bits per heavy atom. The summed E-state index contributed by atoms with van der Waals surface area (Å²) in [5.41, 5.74) is 1.95. The van der Waals surface area contributed by atoms with Gasteiger partial charge >= 0.3 is 0 Å². The van der Waals surface area contributed by atoms with Crippen molar-refractivity contribution in [2.24, 2.45) is 5.92 Å². The van der Waals surface area contributed by atoms with E-state index in [0.717, 1.165) is 30.8 Å². The summed E-state index contributed by atoms with van der Waals surface area (Å²) in [5.74, 6) is 2.31. The van der Waals surface area contributed by atoms with Crippen molar-refractivity contribution in [3.63, 3.8) is 0 Å². The van der Waals surface area contributed by atoms with Crippen LogP contribution in [0.15, 0.2) is 36.4 Å². The molecule has 0 saturated carbocycles. The van der Waals surface area contributed by atoms with Crippen LogP contribution in [-0.4, -0.2) is 13.2 Å². The monoisotopic (exact) mass is 420 g/mol. The maximum atomic E-state index is 13.8. The molecule has 0 saturated heterocycles. The standard InChI is InChI=1S/C25H34ClFO2/c1-6-13-28-25-14-20(9-11-23(25)26)19(5)8-7-18(4)16-29-21-10-12-24(27)22(15-21)17(2)3/h9-12,14-15,17-19H,6-8,13,16H2,1-5H3. The van der Waals surface area contributed by atoms with Gasteiger partial charge in [-0.25, -0.2) is 4.39 Å². The average molecular weight is 421 g/mol. The summed E-state index contributed by atoms with van der Waals surface area (Å²) in [4.78, 5) is 0. The summed E-state index contributed by atoms with van der Waals surface area (Å²) in [6.45, 7) is 11.8. The first kappa shape index (κ1) is 23.5. The van der Waals surface area contributed by atoms with Gasteiger partial charge < -0.3 is 9.47 Å². The minimum absolute atomic E-state index is 0.141. The van der Waals surface area contributed by atoms with E-state index in [1.165, 1.54) is 11.6 Å². The lowest BCUT2D eigenvalue weighted by Crippen LogP contribution is -2.10. The topological polar surface area (TPSA) is 18.5 Å². The highest BCUT2D eigenvalue weighted by molar-refractivity contribution is 6.32. The van der Waals surface area contributed by atoms with E-state index in [0.29, 0.717) is 35.6 Å². The van der Waals surface area contributed by atoms with Crippen molar-refractivity contribution >= 4 is 11.6 Å². The first-order valence-electron chi connectivity index (χ1n) is 10.7. The summed E-state index contributed by atoms with van der Waals surface area (Å²) in [5, 5.41) is 0.663. The molecule has 160 valence electrons. The highest BCUT2D eigenvalue weighted by Gasteiger charge is 2.13. The molecule has 0 aliphatic rings. The molecule has 0 bridgehead atoms. The van der Waals surface area contributed by atoms with E-state index in [-0.39, 0.29) is 11.7 Å². The molecule has 0 N–H and O–H groups in total. The van der Waals surface area contributed by atoms with Gasteiger partial charge in [0.15, 0.2) is 0 Å². The van der Waals surface area contributed by atoms with Gasteiger partial charge in [-0.1, -0.05) is 52.3 Å². The van der Waals surface area contributed by atoms with Crippen LogP contribution in [-0.2, 0) is 0 Å². The van der Waals surface area contributed by atoms with E-state index < -0.39 is 0 Å². The molecule has 2 aromatic carbocycles. The fraction of sp³-hybridized carbons (Fsp3) is 0.520. The molecule has 2 nitrogen and oxygen atoms in total. The summed E-state index contributed by atoms with van der Waals surface area (Å²) < 4.78 is 25.5. The van der Waals surface area contributed by atoms with Crippen LogP contribution in [0, 0.1) is 11.7 Å². The van der Waals surface area contributed by atoms with Gasteiger partial charge in [-0.2, -0.15) is 0 Å². The molecule has 2 atom stereocenters. The minimum Gasteiger partial charge on any atom is -0.493 e. The number of halogens is 2. The van der Waals surface area contributed by atoms with Crippen LogP contribution in [0.1, 0.15) is 76.8 Å². The number of ether oxygens (including phenoxy) is 2. The van der Waals surface area contributed by atoms with E-state index in [4.69, 9.17) is 21.1 Å². The second-order valence-electron chi connectivity index (χ2n) is 8.27. The van der Waals surface area contributed by atoms with Crippen molar-refractivity contribution in [2.45, 2.75) is 65.7 Å². The molecule has 0 aromatic heterocycles. The Bertz CT molecular complexity index is 775. The van der Waals surface area contributed by atoms with Crippen molar-refractivity contribution in [1.82, 2.24) is 0 Å². The van der Waals surface area contributed by atoms with Gasteiger partial charge in [-0.15, -0.1) is 0 Å².